The van der Waals surface area contributed by atoms with Crippen molar-refractivity contribution < 1.29 is 30.0 Å². The molecular formula is C38H36N6O10. The van der Waals surface area contributed by atoms with Gasteiger partial charge in [-0.25, -0.2) is 9.59 Å². The molecule has 2 aromatic carbocycles. The number of aromatic hydroxyl groups is 2. The van der Waals surface area contributed by atoms with Gasteiger partial charge in [0, 0.05) is 58.2 Å². The topological polar surface area (TPSA) is 271 Å². The summed E-state index contributed by atoms with van der Waals surface area (Å²) in [6, 6.07) is 3.27. The van der Waals surface area contributed by atoms with Crippen molar-refractivity contribution in [1.29, 1.82) is 0 Å². The molecule has 278 valence electrons. The number of carbonyl (C=O) groups is 2. The highest BCUT2D eigenvalue weighted by atomic mass is 16.3. The number of benzene rings is 2. The summed E-state index contributed by atoms with van der Waals surface area (Å²) in [5, 5.41) is 52.0. The molecule has 10 N–H and O–H groups in total. The molecule has 2 heterocycles. The maximum atomic E-state index is 13.8. The number of fused-ring (bicyclic) bond motifs is 2. The smallest absolute Gasteiger partial charge is 0.325 e. The molecule has 0 bridgehead atoms. The molecule has 0 saturated carbocycles. The highest BCUT2D eigenvalue weighted by Gasteiger charge is 2.38. The Kier molecular flexibility index (Phi) is 9.15. The Morgan fingerprint density at radius 3 is 1.24 bits per heavy atom. The van der Waals surface area contributed by atoms with Gasteiger partial charge in [0.1, 0.15) is 22.9 Å². The van der Waals surface area contributed by atoms with Gasteiger partial charge in [-0.2, -0.15) is 0 Å². The zero-order valence-corrected chi connectivity index (χ0v) is 29.9. The predicted molar refractivity (Wildman–Crippen MR) is 202 cm³/mol. The fourth-order valence-electron chi connectivity index (χ4n) is 6.96. The highest BCUT2D eigenvalue weighted by molar-refractivity contribution is 6.35. The third-order valence-corrected chi connectivity index (χ3v) is 9.33. The molecular weight excluding hydrogens is 700 g/mol. The number of aromatic nitrogens is 4. The number of nitrogens with one attached hydrogen (secondary N) is 6. The first-order chi connectivity index (χ1) is 25.4. The average Bonchev–Trinajstić information content (AvgIpc) is 3.08. The van der Waals surface area contributed by atoms with E-state index in [1.807, 2.05) is 0 Å². The summed E-state index contributed by atoms with van der Waals surface area (Å²) in [5.74, 6) is -4.65. The number of phenolic OH excluding ortho intramolecular Hbond substituents is 2. The number of ketones is 2. The van der Waals surface area contributed by atoms with Gasteiger partial charge in [0.05, 0.1) is 11.1 Å². The van der Waals surface area contributed by atoms with Crippen molar-refractivity contribution in [3.05, 3.63) is 124 Å². The Morgan fingerprint density at radius 1 is 0.574 bits per heavy atom. The van der Waals surface area contributed by atoms with E-state index >= 15 is 0 Å². The molecule has 6 rings (SSSR count). The van der Waals surface area contributed by atoms with Crippen LogP contribution in [0.25, 0.3) is 33.4 Å². The number of aromatic amines is 4. The monoisotopic (exact) mass is 736 g/mol. The van der Waals surface area contributed by atoms with E-state index in [0.29, 0.717) is 22.3 Å². The number of aliphatic hydroxyl groups excluding tert-OH is 2. The van der Waals surface area contributed by atoms with E-state index in [1.54, 1.807) is 53.7 Å². The molecule has 0 unspecified atom stereocenters. The first-order valence-electron chi connectivity index (χ1n) is 16.7. The second-order valence-corrected chi connectivity index (χ2v) is 13.5. The summed E-state index contributed by atoms with van der Waals surface area (Å²) in [4.78, 5) is 84.2. The second-order valence-electron chi connectivity index (χ2n) is 13.5. The third kappa shape index (κ3) is 5.92. The van der Waals surface area contributed by atoms with Crippen molar-refractivity contribution >= 4 is 45.2 Å². The molecule has 0 atom stereocenters. The Morgan fingerprint density at radius 2 is 0.926 bits per heavy atom. The maximum Gasteiger partial charge on any atom is 0.325 e. The maximum absolute atomic E-state index is 13.8. The number of hydrogen-bond donors (Lipinski definition) is 10. The summed E-state index contributed by atoms with van der Waals surface area (Å²) in [6.07, 6.45) is 4.40. The Bertz CT molecular complexity index is 2510. The van der Waals surface area contributed by atoms with Crippen LogP contribution in [0.3, 0.4) is 0 Å². The van der Waals surface area contributed by atoms with Gasteiger partial charge in [0.25, 0.3) is 11.1 Å². The fourth-order valence-corrected chi connectivity index (χ4v) is 6.96. The number of anilines is 2. The van der Waals surface area contributed by atoms with E-state index in [-0.39, 0.29) is 55.9 Å². The molecule has 0 amide bonds. The van der Waals surface area contributed by atoms with E-state index < -0.39 is 68.9 Å². The number of aryl methyl sites for hydroxylation is 2. The SMILES string of the molecule is Cc1cc2c(c(O)c1-c1c(C)cc3c(c1O)/C(=C\Nc1c[nH]c(=O)[nH]c1=O)C(=O)C(O)=C3C(C)C)/C(=C/Nc1c[nH]c(=O)[nH]c1=O)C(=O)C(O)=C2C(C)C. The molecule has 0 spiro atoms. The first kappa shape index (κ1) is 36.7. The van der Waals surface area contributed by atoms with Crippen molar-refractivity contribution in [3.8, 4) is 22.6 Å². The lowest BCUT2D eigenvalue weighted by Gasteiger charge is -2.29. The molecule has 16 heteroatoms. The van der Waals surface area contributed by atoms with Crippen LogP contribution in [-0.4, -0.2) is 51.9 Å². The lowest BCUT2D eigenvalue weighted by atomic mass is 9.75. The van der Waals surface area contributed by atoms with Gasteiger partial charge >= 0.3 is 11.4 Å². The number of carbonyl (C=O) groups excluding carboxylic acids is 2. The van der Waals surface area contributed by atoms with Gasteiger partial charge in [0.15, 0.2) is 11.5 Å². The molecule has 0 fully saturated rings. The summed E-state index contributed by atoms with van der Waals surface area (Å²) in [5.41, 5.74) is -1.93. The lowest BCUT2D eigenvalue weighted by Crippen LogP contribution is -2.24. The van der Waals surface area contributed by atoms with Crippen LogP contribution in [0, 0.1) is 25.7 Å². The molecule has 0 saturated heterocycles. The Balaban J connectivity index is 1.64. The summed E-state index contributed by atoms with van der Waals surface area (Å²) >= 11 is 0. The van der Waals surface area contributed by atoms with Gasteiger partial charge in [-0.15, -0.1) is 0 Å². The van der Waals surface area contributed by atoms with Crippen molar-refractivity contribution in [2.24, 2.45) is 11.8 Å². The molecule has 54 heavy (non-hydrogen) atoms. The molecule has 16 nitrogen and oxygen atoms in total. The number of Topliss-reactive ketones (excluding diaryl/α,β-unsaturated/α-hetero) is 2. The lowest BCUT2D eigenvalue weighted by molar-refractivity contribution is -0.113. The Hall–Kier alpha value is -7.10. The fraction of sp³-hybridized carbons (Fsp3) is 0.211. The van der Waals surface area contributed by atoms with Crippen LogP contribution in [0.4, 0.5) is 11.4 Å². The zero-order chi connectivity index (χ0) is 39.5. The molecule has 4 aromatic rings. The molecule has 2 aromatic heterocycles. The molecule has 2 aliphatic rings. The van der Waals surface area contributed by atoms with E-state index in [0.717, 1.165) is 24.8 Å². The summed E-state index contributed by atoms with van der Waals surface area (Å²) in [6.45, 7) is 10.3. The van der Waals surface area contributed by atoms with Crippen LogP contribution in [0.5, 0.6) is 11.5 Å². The van der Waals surface area contributed by atoms with Gasteiger partial charge in [0.2, 0.25) is 11.6 Å². The van der Waals surface area contributed by atoms with Crippen molar-refractivity contribution in [2.45, 2.75) is 41.5 Å². The second kappa shape index (κ2) is 13.5. The van der Waals surface area contributed by atoms with Gasteiger partial charge in [-0.3, -0.25) is 29.1 Å². The summed E-state index contributed by atoms with van der Waals surface area (Å²) in [7, 11) is 0. The van der Waals surface area contributed by atoms with Gasteiger partial charge in [-0.05, 0) is 47.9 Å². The number of rotatable bonds is 7. The van der Waals surface area contributed by atoms with Crippen LogP contribution in [0.2, 0.25) is 0 Å². The van der Waals surface area contributed by atoms with Gasteiger partial charge in [-0.1, -0.05) is 39.8 Å². The van der Waals surface area contributed by atoms with Crippen LogP contribution in [0.15, 0.2) is 67.6 Å². The minimum absolute atomic E-state index is 0.0295. The summed E-state index contributed by atoms with van der Waals surface area (Å²) < 4.78 is 0. The van der Waals surface area contributed by atoms with E-state index in [2.05, 4.69) is 30.6 Å². The predicted octanol–water partition coefficient (Wildman–Crippen LogP) is 4.06. The van der Waals surface area contributed by atoms with Crippen LogP contribution < -0.4 is 33.1 Å². The highest BCUT2D eigenvalue weighted by Crippen LogP contribution is 2.53. The van der Waals surface area contributed by atoms with Crippen LogP contribution >= 0.6 is 0 Å². The molecule has 0 radical (unpaired) electrons. The number of hydrogen-bond acceptors (Lipinski definition) is 12. The van der Waals surface area contributed by atoms with Crippen LogP contribution in [-0.2, 0) is 9.59 Å². The standard InChI is InChI=1S/C38H36N6O10/c1-13(2)23-17-7-15(5)25(31(47)27(17)19(29(45)33(23)49)9-39-21-11-41-37(53)43-35(21)51)26-16(6)8-18-24(14(3)4)34(50)30(46)20(28(18)32(26)48)10-40-22-12-42-38(54)44-36(22)52/h7-14,39-40,47-50H,1-6H3,(H2,41,43,51,53)(H2,42,44,52,54)/b19-9-,20-10+. The largest absolute Gasteiger partial charge is 0.507 e. The van der Waals surface area contributed by atoms with Crippen LogP contribution in [0.1, 0.15) is 61.1 Å². The minimum atomic E-state index is -0.877. The first-order valence-corrected chi connectivity index (χ1v) is 16.7. The number of phenols is 2. The number of aliphatic hydroxyl groups is 2. The van der Waals surface area contributed by atoms with E-state index in [4.69, 9.17) is 0 Å². The van der Waals surface area contributed by atoms with E-state index in [1.165, 1.54) is 0 Å². The zero-order valence-electron chi connectivity index (χ0n) is 29.9. The average molecular weight is 737 g/mol. The molecule has 0 aliphatic heterocycles. The van der Waals surface area contributed by atoms with Crippen molar-refractivity contribution in [2.75, 3.05) is 10.6 Å². The molecule has 2 aliphatic carbocycles. The number of H-pyrrole nitrogens is 4. The third-order valence-electron chi connectivity index (χ3n) is 9.33. The van der Waals surface area contributed by atoms with Gasteiger partial charge < -0.3 is 41.0 Å². The normalized spacial score (nSPS) is 15.8. The van der Waals surface area contributed by atoms with Crippen molar-refractivity contribution in [3.63, 3.8) is 0 Å². The Labute approximate surface area is 305 Å². The van der Waals surface area contributed by atoms with E-state index in [9.17, 15) is 49.2 Å². The number of allylic oxidation sites excluding steroid dienone is 4. The minimum Gasteiger partial charge on any atom is -0.507 e. The quantitative estimate of drug-likeness (QED) is 0.120. The van der Waals surface area contributed by atoms with Crippen molar-refractivity contribution in [1.82, 2.24) is 19.9 Å².